The second kappa shape index (κ2) is 7.08. The fourth-order valence-electron chi connectivity index (χ4n) is 1.36. The van der Waals surface area contributed by atoms with Crippen molar-refractivity contribution >= 4 is 37.6 Å². The van der Waals surface area contributed by atoms with Crippen molar-refractivity contribution < 1.29 is 4.43 Å². The summed E-state index contributed by atoms with van der Waals surface area (Å²) in [6.07, 6.45) is 4.88. The Morgan fingerprint density at radius 2 is 1.90 bits per heavy atom. The van der Waals surface area contributed by atoms with Crippen LogP contribution in [-0.2, 0) is 4.43 Å². The number of hydrogen-bond donors (Lipinski definition) is 0. The molecular formula is C15H23Cl2NOSi. The molecule has 0 spiro atoms. The molecule has 0 aliphatic carbocycles. The lowest BCUT2D eigenvalue weighted by Gasteiger charge is -2.36. The minimum Gasteiger partial charge on any atom is -0.417 e. The molecule has 0 unspecified atom stereocenters. The van der Waals surface area contributed by atoms with Gasteiger partial charge in [0.2, 0.25) is 0 Å². The Labute approximate surface area is 133 Å². The minimum atomic E-state index is -1.64. The third kappa shape index (κ3) is 5.21. The topological polar surface area (TPSA) is 22.1 Å². The van der Waals surface area contributed by atoms with E-state index in [1.54, 1.807) is 6.07 Å². The summed E-state index contributed by atoms with van der Waals surface area (Å²) in [6, 6.07) is 3.60. The first-order chi connectivity index (χ1) is 9.13. The Morgan fingerprint density at radius 1 is 1.25 bits per heavy atom. The van der Waals surface area contributed by atoms with Crippen LogP contribution in [0.25, 0.3) is 6.08 Å². The molecule has 112 valence electrons. The molecule has 1 rings (SSSR count). The number of halogens is 2. The van der Waals surface area contributed by atoms with Crippen molar-refractivity contribution in [2.24, 2.45) is 0 Å². The van der Waals surface area contributed by atoms with Gasteiger partial charge in [-0.15, -0.1) is 0 Å². The van der Waals surface area contributed by atoms with Crippen LogP contribution in [0.5, 0.6) is 0 Å². The molecule has 0 amide bonds. The summed E-state index contributed by atoms with van der Waals surface area (Å²) in [5.74, 6) is 0. The van der Waals surface area contributed by atoms with Gasteiger partial charge in [-0.05, 0) is 36.7 Å². The highest BCUT2D eigenvalue weighted by Crippen LogP contribution is 2.36. The quantitative estimate of drug-likeness (QED) is 0.385. The molecule has 0 saturated heterocycles. The van der Waals surface area contributed by atoms with Crippen LogP contribution in [-0.4, -0.2) is 19.9 Å². The standard InChI is InChI=1S/C15H23Cl2NOSi/c1-15(2,3)20(4,5)19-11-7-6-8-12-9-10-13(16)18-14(12)17/h6,8-10H,7,11H2,1-5H3. The predicted molar refractivity (Wildman–Crippen MR) is 91.1 cm³/mol. The zero-order valence-corrected chi connectivity index (χ0v) is 15.3. The van der Waals surface area contributed by atoms with Gasteiger partial charge in [0.05, 0.1) is 0 Å². The highest BCUT2D eigenvalue weighted by Gasteiger charge is 2.36. The molecule has 0 aliphatic heterocycles. The number of hydrogen-bond acceptors (Lipinski definition) is 2. The van der Waals surface area contributed by atoms with E-state index in [0.29, 0.717) is 10.3 Å². The van der Waals surface area contributed by atoms with Crippen LogP contribution >= 0.6 is 23.2 Å². The van der Waals surface area contributed by atoms with Gasteiger partial charge in [-0.1, -0.05) is 56.1 Å². The summed E-state index contributed by atoms with van der Waals surface area (Å²) in [4.78, 5) is 4.00. The lowest BCUT2D eigenvalue weighted by Crippen LogP contribution is -2.40. The Hall–Kier alpha value is -0.353. The molecule has 0 N–H and O–H groups in total. The van der Waals surface area contributed by atoms with E-state index in [1.807, 2.05) is 12.1 Å². The number of aromatic nitrogens is 1. The van der Waals surface area contributed by atoms with Crippen LogP contribution in [0.2, 0.25) is 28.4 Å². The van der Waals surface area contributed by atoms with E-state index >= 15 is 0 Å². The molecule has 0 fully saturated rings. The van der Waals surface area contributed by atoms with Gasteiger partial charge >= 0.3 is 0 Å². The van der Waals surface area contributed by atoms with Crippen LogP contribution in [0.3, 0.4) is 0 Å². The molecule has 20 heavy (non-hydrogen) atoms. The smallest absolute Gasteiger partial charge is 0.191 e. The molecular weight excluding hydrogens is 309 g/mol. The minimum absolute atomic E-state index is 0.250. The molecule has 0 bridgehead atoms. The summed E-state index contributed by atoms with van der Waals surface area (Å²) in [5.41, 5.74) is 0.878. The summed E-state index contributed by atoms with van der Waals surface area (Å²) in [7, 11) is -1.64. The number of pyridine rings is 1. The van der Waals surface area contributed by atoms with E-state index in [4.69, 9.17) is 27.6 Å². The fraction of sp³-hybridized carbons (Fsp3) is 0.533. The summed E-state index contributed by atoms with van der Waals surface area (Å²) < 4.78 is 6.10. The van der Waals surface area contributed by atoms with Crippen LogP contribution in [0, 0.1) is 0 Å². The van der Waals surface area contributed by atoms with E-state index < -0.39 is 8.32 Å². The molecule has 5 heteroatoms. The van der Waals surface area contributed by atoms with E-state index in [0.717, 1.165) is 18.6 Å². The van der Waals surface area contributed by atoms with Gasteiger partial charge in [-0.3, -0.25) is 0 Å². The van der Waals surface area contributed by atoms with E-state index in [-0.39, 0.29) is 5.04 Å². The maximum absolute atomic E-state index is 6.10. The predicted octanol–water partition coefficient (Wildman–Crippen LogP) is 5.81. The molecule has 1 aromatic rings. The first kappa shape index (κ1) is 17.7. The lowest BCUT2D eigenvalue weighted by molar-refractivity contribution is 0.294. The Bertz CT molecular complexity index is 481. The molecule has 0 radical (unpaired) electrons. The molecule has 2 nitrogen and oxygen atoms in total. The van der Waals surface area contributed by atoms with Gasteiger partial charge in [0.25, 0.3) is 0 Å². The second-order valence-electron chi connectivity index (χ2n) is 6.31. The van der Waals surface area contributed by atoms with Crippen molar-refractivity contribution in [3.8, 4) is 0 Å². The zero-order chi connectivity index (χ0) is 15.4. The molecule has 0 aromatic carbocycles. The SMILES string of the molecule is CC(C)(C)[Si](C)(C)OCCC=Cc1ccc(Cl)nc1Cl. The Morgan fingerprint density at radius 3 is 2.45 bits per heavy atom. The average Bonchev–Trinajstić information content (AvgIpc) is 2.29. The van der Waals surface area contributed by atoms with Crippen molar-refractivity contribution in [3.63, 3.8) is 0 Å². The first-order valence-corrected chi connectivity index (χ1v) is 10.4. The Kier molecular flexibility index (Phi) is 6.26. The Balaban J connectivity index is 2.47. The molecule has 1 heterocycles. The summed E-state index contributed by atoms with van der Waals surface area (Å²) >= 11 is 11.8. The summed E-state index contributed by atoms with van der Waals surface area (Å²) in [5, 5.41) is 1.09. The van der Waals surface area contributed by atoms with Gasteiger partial charge in [0, 0.05) is 12.2 Å². The monoisotopic (exact) mass is 331 g/mol. The molecule has 0 saturated carbocycles. The van der Waals surface area contributed by atoms with Gasteiger partial charge in [-0.25, -0.2) is 4.98 Å². The van der Waals surface area contributed by atoms with Crippen LogP contribution in [0.4, 0.5) is 0 Å². The van der Waals surface area contributed by atoms with Gasteiger partial charge in [-0.2, -0.15) is 0 Å². The van der Waals surface area contributed by atoms with Crippen molar-refractivity contribution in [2.75, 3.05) is 6.61 Å². The third-order valence-corrected chi connectivity index (χ3v) is 8.75. The maximum Gasteiger partial charge on any atom is 0.191 e. The van der Waals surface area contributed by atoms with Crippen LogP contribution in [0.1, 0.15) is 32.8 Å². The highest BCUT2D eigenvalue weighted by atomic mass is 35.5. The van der Waals surface area contributed by atoms with Gasteiger partial charge in [0.15, 0.2) is 8.32 Å². The van der Waals surface area contributed by atoms with Crippen molar-refractivity contribution in [2.45, 2.75) is 45.3 Å². The van der Waals surface area contributed by atoms with Crippen molar-refractivity contribution in [3.05, 3.63) is 34.1 Å². The zero-order valence-electron chi connectivity index (χ0n) is 12.8. The summed E-state index contributed by atoms with van der Waals surface area (Å²) in [6.45, 7) is 12.0. The van der Waals surface area contributed by atoms with Gasteiger partial charge < -0.3 is 4.43 Å². The third-order valence-electron chi connectivity index (χ3n) is 3.69. The second-order valence-corrected chi connectivity index (χ2v) is 11.9. The normalized spacial score (nSPS) is 13.2. The maximum atomic E-state index is 6.10. The number of rotatable bonds is 5. The number of nitrogens with zero attached hydrogens (tertiary/aromatic N) is 1. The highest BCUT2D eigenvalue weighted by molar-refractivity contribution is 6.74. The fourth-order valence-corrected chi connectivity index (χ4v) is 2.83. The van der Waals surface area contributed by atoms with Crippen molar-refractivity contribution in [1.82, 2.24) is 4.98 Å². The molecule has 0 atom stereocenters. The largest absolute Gasteiger partial charge is 0.417 e. The average molecular weight is 332 g/mol. The van der Waals surface area contributed by atoms with E-state index in [2.05, 4.69) is 44.9 Å². The van der Waals surface area contributed by atoms with Crippen LogP contribution < -0.4 is 0 Å². The molecule has 0 aliphatic rings. The molecule has 1 aromatic heterocycles. The van der Waals surface area contributed by atoms with Crippen molar-refractivity contribution in [1.29, 1.82) is 0 Å². The van der Waals surface area contributed by atoms with Crippen LogP contribution in [0.15, 0.2) is 18.2 Å². The first-order valence-electron chi connectivity index (χ1n) is 6.76. The van der Waals surface area contributed by atoms with E-state index in [1.165, 1.54) is 0 Å². The van der Waals surface area contributed by atoms with E-state index in [9.17, 15) is 0 Å². The lowest BCUT2D eigenvalue weighted by atomic mass is 10.2. The van der Waals surface area contributed by atoms with Gasteiger partial charge in [0.1, 0.15) is 10.3 Å².